The Bertz CT molecular complexity index is 570. The molecule has 0 bridgehead atoms. The molecule has 0 saturated carbocycles. The van der Waals surface area contributed by atoms with Crippen molar-refractivity contribution in [3.8, 4) is 0 Å². The summed E-state index contributed by atoms with van der Waals surface area (Å²) in [5, 5.41) is 3.13. The molecule has 2 aromatic rings. The maximum atomic E-state index is 13.2. The lowest BCUT2D eigenvalue weighted by atomic mass is 9.97. The van der Waals surface area contributed by atoms with E-state index >= 15 is 0 Å². The van der Waals surface area contributed by atoms with Crippen LogP contribution < -0.4 is 5.32 Å². The smallest absolute Gasteiger partial charge is 0.306 e. The number of hydrogen-bond donors (Lipinski definition) is 1. The van der Waals surface area contributed by atoms with E-state index in [1.54, 1.807) is 24.5 Å². The number of pyridine rings is 2. The van der Waals surface area contributed by atoms with Crippen LogP contribution in [-0.4, -0.2) is 16.5 Å². The summed E-state index contributed by atoms with van der Waals surface area (Å²) >= 11 is 0. The quantitative estimate of drug-likeness (QED) is 0.916. The first kappa shape index (κ1) is 15.4. The van der Waals surface area contributed by atoms with Crippen molar-refractivity contribution >= 4 is 0 Å². The Labute approximate surface area is 121 Å². The van der Waals surface area contributed by atoms with Crippen molar-refractivity contribution in [3.63, 3.8) is 0 Å². The van der Waals surface area contributed by atoms with Crippen molar-refractivity contribution in [2.75, 3.05) is 6.54 Å². The monoisotopic (exact) mass is 295 g/mol. The first-order chi connectivity index (χ1) is 10.0. The molecule has 0 fully saturated rings. The topological polar surface area (TPSA) is 37.8 Å². The van der Waals surface area contributed by atoms with Gasteiger partial charge in [0.2, 0.25) is 0 Å². The number of nitrogens with one attached hydrogen (secondary N) is 1. The van der Waals surface area contributed by atoms with Gasteiger partial charge in [-0.25, -0.2) is 0 Å². The molecule has 2 heterocycles. The van der Waals surface area contributed by atoms with E-state index in [-0.39, 0.29) is 5.56 Å². The van der Waals surface area contributed by atoms with Gasteiger partial charge in [-0.2, -0.15) is 13.2 Å². The fraction of sp³-hybridized carbons (Fsp3) is 0.333. The number of nitrogens with zero attached hydrogens (tertiary/aromatic N) is 2. The molecule has 0 aliphatic heterocycles. The van der Waals surface area contributed by atoms with Crippen LogP contribution in [0.3, 0.4) is 0 Å². The molecule has 1 atom stereocenters. The molecule has 112 valence electrons. The van der Waals surface area contributed by atoms with Gasteiger partial charge in [-0.05, 0) is 30.7 Å². The van der Waals surface area contributed by atoms with Crippen molar-refractivity contribution in [2.45, 2.75) is 25.6 Å². The normalized spacial score (nSPS) is 13.1. The summed E-state index contributed by atoms with van der Waals surface area (Å²) in [6, 6.07) is 3.89. The lowest BCUT2D eigenvalue weighted by Gasteiger charge is -2.22. The van der Waals surface area contributed by atoms with Gasteiger partial charge in [-0.3, -0.25) is 9.97 Å². The van der Waals surface area contributed by atoms with Crippen LogP contribution in [0.5, 0.6) is 0 Å². The number of alkyl halides is 3. The molecular weight excluding hydrogens is 279 g/mol. The van der Waals surface area contributed by atoms with Crippen LogP contribution in [0.2, 0.25) is 0 Å². The molecule has 0 aromatic carbocycles. The molecule has 1 unspecified atom stereocenters. The van der Waals surface area contributed by atoms with E-state index < -0.39 is 17.8 Å². The summed E-state index contributed by atoms with van der Waals surface area (Å²) < 4.78 is 39.5. The standard InChI is InChI=1S/C15H16F3N3/c1-2-6-21-14(11-4-3-7-19-9-11)12-10-20-8-5-13(12)15(16,17)18/h3-5,7-10,14,21H,2,6H2,1H3. The van der Waals surface area contributed by atoms with E-state index in [0.29, 0.717) is 12.1 Å². The van der Waals surface area contributed by atoms with Crippen LogP contribution in [0.1, 0.15) is 36.1 Å². The summed E-state index contributed by atoms with van der Waals surface area (Å²) in [5.41, 5.74) is 0.130. The van der Waals surface area contributed by atoms with Gasteiger partial charge < -0.3 is 5.32 Å². The molecule has 2 aromatic heterocycles. The van der Waals surface area contributed by atoms with Gasteiger partial charge in [0.15, 0.2) is 0 Å². The summed E-state index contributed by atoms with van der Waals surface area (Å²) in [4.78, 5) is 7.84. The van der Waals surface area contributed by atoms with Gasteiger partial charge in [0.1, 0.15) is 0 Å². The second kappa shape index (κ2) is 6.67. The first-order valence-corrected chi connectivity index (χ1v) is 6.68. The molecule has 0 aliphatic rings. The van der Waals surface area contributed by atoms with Crippen LogP contribution in [0.15, 0.2) is 43.0 Å². The van der Waals surface area contributed by atoms with Crippen molar-refractivity contribution in [1.82, 2.24) is 15.3 Å². The largest absolute Gasteiger partial charge is 0.416 e. The number of aromatic nitrogens is 2. The summed E-state index contributed by atoms with van der Waals surface area (Å²) in [5.74, 6) is 0. The van der Waals surface area contributed by atoms with Gasteiger partial charge in [0.25, 0.3) is 0 Å². The minimum absolute atomic E-state index is 0.117. The maximum absolute atomic E-state index is 13.2. The second-order valence-electron chi connectivity index (χ2n) is 4.63. The van der Waals surface area contributed by atoms with Gasteiger partial charge in [0, 0.05) is 30.4 Å². The van der Waals surface area contributed by atoms with E-state index in [0.717, 1.165) is 18.7 Å². The minimum Gasteiger partial charge on any atom is -0.306 e. The van der Waals surface area contributed by atoms with Crippen LogP contribution in [0.4, 0.5) is 13.2 Å². The Morgan fingerprint density at radius 3 is 2.52 bits per heavy atom. The first-order valence-electron chi connectivity index (χ1n) is 6.68. The average Bonchev–Trinajstić information content (AvgIpc) is 2.48. The highest BCUT2D eigenvalue weighted by molar-refractivity contribution is 5.36. The van der Waals surface area contributed by atoms with E-state index in [4.69, 9.17) is 0 Å². The lowest BCUT2D eigenvalue weighted by Crippen LogP contribution is -2.26. The molecule has 0 spiro atoms. The number of halogens is 3. The number of hydrogen-bond acceptors (Lipinski definition) is 3. The van der Waals surface area contributed by atoms with Crippen LogP contribution in [-0.2, 0) is 6.18 Å². The molecule has 0 aliphatic carbocycles. The Kier molecular flexibility index (Phi) is 4.90. The molecular formula is C15H16F3N3. The van der Waals surface area contributed by atoms with E-state index in [9.17, 15) is 13.2 Å². The van der Waals surface area contributed by atoms with Crippen molar-refractivity contribution in [2.24, 2.45) is 0 Å². The Hall–Kier alpha value is -1.95. The lowest BCUT2D eigenvalue weighted by molar-refractivity contribution is -0.138. The zero-order chi connectivity index (χ0) is 15.3. The highest BCUT2D eigenvalue weighted by Crippen LogP contribution is 2.35. The number of rotatable bonds is 5. The van der Waals surface area contributed by atoms with E-state index in [2.05, 4.69) is 15.3 Å². The molecule has 3 nitrogen and oxygen atoms in total. The molecule has 0 saturated heterocycles. The van der Waals surface area contributed by atoms with Gasteiger partial charge >= 0.3 is 6.18 Å². The van der Waals surface area contributed by atoms with Gasteiger partial charge in [-0.1, -0.05) is 13.0 Å². The second-order valence-corrected chi connectivity index (χ2v) is 4.63. The Morgan fingerprint density at radius 1 is 1.14 bits per heavy atom. The average molecular weight is 295 g/mol. The summed E-state index contributed by atoms with van der Waals surface area (Å²) in [6.07, 6.45) is 2.00. The maximum Gasteiger partial charge on any atom is 0.416 e. The van der Waals surface area contributed by atoms with Crippen molar-refractivity contribution < 1.29 is 13.2 Å². The molecule has 2 rings (SSSR count). The third kappa shape index (κ3) is 3.78. The molecule has 6 heteroatoms. The van der Waals surface area contributed by atoms with Crippen LogP contribution in [0, 0.1) is 0 Å². The van der Waals surface area contributed by atoms with Crippen LogP contribution in [0.25, 0.3) is 0 Å². The van der Waals surface area contributed by atoms with Crippen molar-refractivity contribution in [3.05, 3.63) is 59.7 Å². The predicted octanol–water partition coefficient (Wildman–Crippen LogP) is 3.58. The van der Waals surface area contributed by atoms with Gasteiger partial charge in [0.05, 0.1) is 11.6 Å². The Balaban J connectivity index is 2.47. The summed E-state index contributed by atoms with van der Waals surface area (Å²) in [6.45, 7) is 2.56. The molecule has 0 radical (unpaired) electrons. The molecule has 1 N–H and O–H groups in total. The highest BCUT2D eigenvalue weighted by atomic mass is 19.4. The molecule has 21 heavy (non-hydrogen) atoms. The predicted molar refractivity (Wildman–Crippen MR) is 73.6 cm³/mol. The molecule has 0 amide bonds. The zero-order valence-corrected chi connectivity index (χ0v) is 11.6. The fourth-order valence-electron chi connectivity index (χ4n) is 2.14. The highest BCUT2D eigenvalue weighted by Gasteiger charge is 2.35. The zero-order valence-electron chi connectivity index (χ0n) is 11.6. The third-order valence-corrected chi connectivity index (χ3v) is 3.08. The fourth-order valence-corrected chi connectivity index (χ4v) is 2.14. The van der Waals surface area contributed by atoms with Crippen molar-refractivity contribution in [1.29, 1.82) is 0 Å². The minimum atomic E-state index is -4.41. The van der Waals surface area contributed by atoms with Gasteiger partial charge in [-0.15, -0.1) is 0 Å². The van der Waals surface area contributed by atoms with Crippen LogP contribution >= 0.6 is 0 Å². The third-order valence-electron chi connectivity index (χ3n) is 3.08. The SMILES string of the molecule is CCCNC(c1cccnc1)c1cnccc1C(F)(F)F. The van der Waals surface area contributed by atoms with E-state index in [1.165, 1.54) is 6.20 Å². The summed E-state index contributed by atoms with van der Waals surface area (Å²) in [7, 11) is 0. The van der Waals surface area contributed by atoms with E-state index in [1.807, 2.05) is 6.92 Å². The Morgan fingerprint density at radius 2 is 1.90 bits per heavy atom.